The Morgan fingerprint density at radius 1 is 1.45 bits per heavy atom. The zero-order valence-electron chi connectivity index (χ0n) is 5.63. The largest absolute Gasteiger partial charge is 0.289 e. The highest BCUT2D eigenvalue weighted by atomic mass is 16.2. The van der Waals surface area contributed by atoms with Crippen molar-refractivity contribution in [1.82, 2.24) is 0 Å². The summed E-state index contributed by atoms with van der Waals surface area (Å²) in [7, 11) is 0. The van der Waals surface area contributed by atoms with E-state index < -0.39 is 5.91 Å². The van der Waals surface area contributed by atoms with Gasteiger partial charge in [-0.3, -0.25) is 9.59 Å². The maximum absolute atomic E-state index is 11.0. The molecule has 0 bridgehead atoms. The predicted octanol–water partition coefficient (Wildman–Crippen LogP) is 0.300. The highest BCUT2D eigenvalue weighted by molar-refractivity contribution is 6.31. The first-order chi connectivity index (χ1) is 5.29. The molecular formula is C8H4NO2. The van der Waals surface area contributed by atoms with Crippen LogP contribution in [0.15, 0.2) is 28.3 Å². The molecule has 11 heavy (non-hydrogen) atoms. The number of hydrogen-bond acceptors (Lipinski definition) is 2. The third-order valence-corrected chi connectivity index (χ3v) is 1.65. The zero-order valence-corrected chi connectivity index (χ0v) is 5.63. The van der Waals surface area contributed by atoms with E-state index in [4.69, 9.17) is 0 Å². The molecule has 0 aromatic heterocycles. The van der Waals surface area contributed by atoms with Crippen molar-refractivity contribution >= 4 is 17.9 Å². The number of hydrogen-bond donors (Lipinski definition) is 0. The summed E-state index contributed by atoms with van der Waals surface area (Å²) in [4.78, 5) is 25.3. The summed E-state index contributed by atoms with van der Waals surface area (Å²) < 4.78 is 0. The lowest BCUT2D eigenvalue weighted by Gasteiger charge is -2.01. The van der Waals surface area contributed by atoms with Crippen LogP contribution < -0.4 is 0 Å². The average Bonchev–Trinajstić information content (AvgIpc) is 2.34. The van der Waals surface area contributed by atoms with Crippen LogP contribution in [0, 0.1) is 0 Å². The quantitative estimate of drug-likeness (QED) is 0.461. The van der Waals surface area contributed by atoms with Gasteiger partial charge in [0.15, 0.2) is 5.78 Å². The summed E-state index contributed by atoms with van der Waals surface area (Å²) in [6.07, 6.45) is 6.23. The van der Waals surface area contributed by atoms with Gasteiger partial charge in [0.05, 0.1) is 11.8 Å². The van der Waals surface area contributed by atoms with Crippen molar-refractivity contribution in [2.75, 3.05) is 0 Å². The Kier molecular flexibility index (Phi) is 1.12. The van der Waals surface area contributed by atoms with E-state index in [1.807, 2.05) is 0 Å². The van der Waals surface area contributed by atoms with Crippen LogP contribution in [0.25, 0.3) is 0 Å². The van der Waals surface area contributed by atoms with E-state index in [1.54, 1.807) is 6.08 Å². The van der Waals surface area contributed by atoms with Gasteiger partial charge in [0.25, 0.3) is 5.91 Å². The van der Waals surface area contributed by atoms with Crippen LogP contribution >= 0.6 is 0 Å². The molecule has 1 aliphatic carbocycles. The molecule has 2 rings (SSSR count). The second-order valence-electron chi connectivity index (χ2n) is 2.35. The lowest BCUT2D eigenvalue weighted by molar-refractivity contribution is -0.118. The minimum absolute atomic E-state index is 0.201. The SMILES string of the molecule is O=C1C=CCC2=C1C(=O)N=[C]2. The van der Waals surface area contributed by atoms with Gasteiger partial charge >= 0.3 is 0 Å². The lowest BCUT2D eigenvalue weighted by atomic mass is 9.98. The van der Waals surface area contributed by atoms with Crippen molar-refractivity contribution in [2.24, 2.45) is 4.99 Å². The van der Waals surface area contributed by atoms with Gasteiger partial charge in [0.2, 0.25) is 0 Å². The van der Waals surface area contributed by atoms with E-state index in [9.17, 15) is 9.59 Å². The summed E-state index contributed by atoms with van der Waals surface area (Å²) in [6, 6.07) is 0. The minimum Gasteiger partial charge on any atom is -0.289 e. The Hall–Kier alpha value is -1.51. The smallest absolute Gasteiger partial charge is 0.281 e. The van der Waals surface area contributed by atoms with E-state index in [-0.39, 0.29) is 11.4 Å². The Morgan fingerprint density at radius 2 is 2.27 bits per heavy atom. The predicted molar refractivity (Wildman–Crippen MR) is 38.2 cm³/mol. The van der Waals surface area contributed by atoms with Crippen molar-refractivity contribution in [2.45, 2.75) is 6.42 Å². The molecule has 3 heteroatoms. The van der Waals surface area contributed by atoms with Crippen LogP contribution in [-0.2, 0) is 9.59 Å². The number of carbonyl (C=O) groups excluding carboxylic acids is 2. The van der Waals surface area contributed by atoms with Gasteiger partial charge < -0.3 is 0 Å². The maximum Gasteiger partial charge on any atom is 0.281 e. The number of allylic oxidation sites excluding steroid dienone is 3. The molecule has 1 heterocycles. The number of rotatable bonds is 0. The van der Waals surface area contributed by atoms with E-state index in [1.165, 1.54) is 6.08 Å². The van der Waals surface area contributed by atoms with Crippen molar-refractivity contribution in [3.63, 3.8) is 0 Å². The molecule has 0 aromatic rings. The molecule has 0 spiro atoms. The number of ketones is 1. The van der Waals surface area contributed by atoms with Crippen LogP contribution in [0.5, 0.6) is 0 Å². The minimum atomic E-state index is -0.450. The third kappa shape index (κ3) is 0.774. The number of aliphatic imine (C=N–C) groups is 1. The second-order valence-corrected chi connectivity index (χ2v) is 2.35. The fraction of sp³-hybridized carbons (Fsp3) is 0.125. The molecule has 0 saturated heterocycles. The Balaban J connectivity index is 2.51. The third-order valence-electron chi connectivity index (χ3n) is 1.65. The highest BCUT2D eigenvalue weighted by Gasteiger charge is 2.26. The first-order valence-electron chi connectivity index (χ1n) is 3.24. The first kappa shape index (κ1) is 6.22. The molecule has 0 aromatic carbocycles. The molecule has 1 amide bonds. The summed E-state index contributed by atoms with van der Waals surface area (Å²) in [6.45, 7) is 0. The van der Waals surface area contributed by atoms with Crippen molar-refractivity contribution in [3.8, 4) is 0 Å². The first-order valence-corrected chi connectivity index (χ1v) is 3.24. The summed E-state index contributed by atoms with van der Waals surface area (Å²) >= 11 is 0. The molecule has 1 radical (unpaired) electrons. The molecule has 0 saturated carbocycles. The van der Waals surface area contributed by atoms with Gasteiger partial charge in [-0.05, 0) is 12.5 Å². The zero-order chi connectivity index (χ0) is 7.84. The van der Waals surface area contributed by atoms with Gasteiger partial charge in [-0.25, -0.2) is 4.99 Å². The van der Waals surface area contributed by atoms with Crippen LogP contribution in [0.4, 0.5) is 0 Å². The number of amides is 1. The lowest BCUT2D eigenvalue weighted by Crippen LogP contribution is -2.10. The van der Waals surface area contributed by atoms with Crippen molar-refractivity contribution in [3.05, 3.63) is 23.3 Å². The average molecular weight is 146 g/mol. The summed E-state index contributed by atoms with van der Waals surface area (Å²) in [5.41, 5.74) is 0.829. The number of nitrogens with zero attached hydrogens (tertiary/aromatic N) is 1. The topological polar surface area (TPSA) is 46.5 Å². The highest BCUT2D eigenvalue weighted by Crippen LogP contribution is 2.20. The van der Waals surface area contributed by atoms with E-state index >= 15 is 0 Å². The van der Waals surface area contributed by atoms with Crippen LogP contribution in [0.1, 0.15) is 6.42 Å². The standard InChI is InChI=1S/C8H4NO2/c10-6-3-1-2-5-4-9-8(11)7(5)6/h1,3H,2H2. The van der Waals surface area contributed by atoms with E-state index in [0.29, 0.717) is 12.0 Å². The monoisotopic (exact) mass is 146 g/mol. The van der Waals surface area contributed by atoms with E-state index in [0.717, 1.165) is 0 Å². The molecule has 53 valence electrons. The van der Waals surface area contributed by atoms with Crippen LogP contribution in [0.2, 0.25) is 0 Å². The number of carbonyl (C=O) groups is 2. The second kappa shape index (κ2) is 1.99. The normalized spacial score (nSPS) is 21.5. The Labute approximate surface area is 63.1 Å². The fourth-order valence-corrected chi connectivity index (χ4v) is 1.13. The molecule has 0 fully saturated rings. The summed E-state index contributed by atoms with van der Waals surface area (Å²) in [5, 5.41) is 0. The fourth-order valence-electron chi connectivity index (χ4n) is 1.13. The van der Waals surface area contributed by atoms with Gasteiger partial charge in [-0.15, -0.1) is 0 Å². The van der Waals surface area contributed by atoms with Crippen molar-refractivity contribution in [1.29, 1.82) is 0 Å². The maximum atomic E-state index is 11.0. The Morgan fingerprint density at radius 3 is 3.00 bits per heavy atom. The van der Waals surface area contributed by atoms with E-state index in [2.05, 4.69) is 11.2 Å². The molecule has 0 N–H and O–H groups in total. The van der Waals surface area contributed by atoms with Crippen LogP contribution in [-0.4, -0.2) is 17.9 Å². The van der Waals surface area contributed by atoms with Crippen molar-refractivity contribution < 1.29 is 9.59 Å². The molecule has 0 unspecified atom stereocenters. The van der Waals surface area contributed by atoms with Gasteiger partial charge in [-0.2, -0.15) is 0 Å². The van der Waals surface area contributed by atoms with Gasteiger partial charge in [0, 0.05) is 5.57 Å². The van der Waals surface area contributed by atoms with Crippen LogP contribution in [0.3, 0.4) is 0 Å². The summed E-state index contributed by atoms with van der Waals surface area (Å²) in [5.74, 6) is -0.695. The van der Waals surface area contributed by atoms with Gasteiger partial charge in [-0.1, -0.05) is 6.08 Å². The Bertz CT molecular complexity index is 334. The molecule has 1 aliphatic heterocycles. The molecular weight excluding hydrogens is 142 g/mol. The molecule has 2 aliphatic rings. The molecule has 3 nitrogen and oxygen atoms in total. The molecule has 0 atom stereocenters. The van der Waals surface area contributed by atoms with Gasteiger partial charge in [0.1, 0.15) is 0 Å².